The summed E-state index contributed by atoms with van der Waals surface area (Å²) in [7, 11) is 0. The van der Waals surface area contributed by atoms with E-state index in [9.17, 15) is 9.59 Å². The van der Waals surface area contributed by atoms with Gasteiger partial charge in [0.15, 0.2) is 0 Å². The van der Waals surface area contributed by atoms with Gasteiger partial charge in [-0.2, -0.15) is 0 Å². The number of hydrogen-bond donors (Lipinski definition) is 2. The summed E-state index contributed by atoms with van der Waals surface area (Å²) in [6, 6.07) is 9.37. The summed E-state index contributed by atoms with van der Waals surface area (Å²) < 4.78 is 5.40. The standard InChI is InChI=1S/C26H34N4O3/c31-25(29-23-10-16-33-17-11-23)21-6-7-24-22(18-21)19-28-12-4-2-1-3-5-15-30(24)26(32)20-8-13-27-14-9-20/h6-9,13-14,18,23,28H,1-5,10-12,15-17,19H2,(H,29,31). The highest BCUT2D eigenvalue weighted by molar-refractivity contribution is 6.06. The van der Waals surface area contributed by atoms with Gasteiger partial charge in [0.05, 0.1) is 0 Å². The van der Waals surface area contributed by atoms with E-state index >= 15 is 0 Å². The van der Waals surface area contributed by atoms with Crippen molar-refractivity contribution < 1.29 is 14.3 Å². The van der Waals surface area contributed by atoms with Crippen molar-refractivity contribution in [3.63, 3.8) is 0 Å². The zero-order valence-corrected chi connectivity index (χ0v) is 19.2. The molecule has 7 nitrogen and oxygen atoms in total. The molecule has 0 saturated carbocycles. The molecule has 3 heterocycles. The van der Waals surface area contributed by atoms with Crippen LogP contribution in [0, 0.1) is 0 Å². The second-order valence-electron chi connectivity index (χ2n) is 8.84. The molecule has 2 aliphatic rings. The molecule has 2 aliphatic heterocycles. The van der Waals surface area contributed by atoms with Gasteiger partial charge in [0.2, 0.25) is 0 Å². The normalized spacial score (nSPS) is 18.5. The molecule has 0 aliphatic carbocycles. The van der Waals surface area contributed by atoms with Crippen LogP contribution in [0.5, 0.6) is 0 Å². The predicted octanol–water partition coefficient (Wildman–Crippen LogP) is 3.69. The maximum Gasteiger partial charge on any atom is 0.258 e. The van der Waals surface area contributed by atoms with Gasteiger partial charge in [-0.25, -0.2) is 0 Å². The Morgan fingerprint density at radius 1 is 0.970 bits per heavy atom. The van der Waals surface area contributed by atoms with Gasteiger partial charge in [-0.3, -0.25) is 14.6 Å². The minimum atomic E-state index is -0.0668. The Balaban J connectivity index is 1.61. The first-order valence-electron chi connectivity index (χ1n) is 12.2. The molecular weight excluding hydrogens is 416 g/mol. The molecule has 1 aromatic heterocycles. The van der Waals surface area contributed by atoms with Gasteiger partial charge in [-0.15, -0.1) is 0 Å². The van der Waals surface area contributed by atoms with E-state index in [4.69, 9.17) is 4.74 Å². The number of nitrogens with one attached hydrogen (secondary N) is 2. The minimum absolute atomic E-state index is 0.0323. The number of fused-ring (bicyclic) bond motifs is 1. The number of hydrogen-bond acceptors (Lipinski definition) is 5. The zero-order chi connectivity index (χ0) is 22.9. The van der Waals surface area contributed by atoms with Crippen molar-refractivity contribution >= 4 is 17.5 Å². The van der Waals surface area contributed by atoms with Crippen molar-refractivity contribution in [2.45, 2.75) is 57.5 Å². The van der Waals surface area contributed by atoms with E-state index in [2.05, 4.69) is 15.6 Å². The van der Waals surface area contributed by atoms with E-state index < -0.39 is 0 Å². The highest BCUT2D eigenvalue weighted by atomic mass is 16.5. The topological polar surface area (TPSA) is 83.6 Å². The Hall–Kier alpha value is -2.77. The molecule has 33 heavy (non-hydrogen) atoms. The zero-order valence-electron chi connectivity index (χ0n) is 19.2. The van der Waals surface area contributed by atoms with Gasteiger partial charge in [0.25, 0.3) is 11.8 Å². The molecule has 176 valence electrons. The maximum atomic E-state index is 13.4. The molecule has 0 unspecified atom stereocenters. The molecule has 2 amide bonds. The van der Waals surface area contributed by atoms with Crippen molar-refractivity contribution in [1.82, 2.24) is 15.6 Å². The smallest absolute Gasteiger partial charge is 0.258 e. The third-order valence-electron chi connectivity index (χ3n) is 6.41. The lowest BCUT2D eigenvalue weighted by Gasteiger charge is -2.27. The third kappa shape index (κ3) is 6.39. The molecule has 0 radical (unpaired) electrons. The van der Waals surface area contributed by atoms with E-state index in [-0.39, 0.29) is 17.9 Å². The van der Waals surface area contributed by atoms with Gasteiger partial charge < -0.3 is 20.3 Å². The number of aromatic nitrogens is 1. The molecule has 2 aromatic rings. The van der Waals surface area contributed by atoms with Crippen LogP contribution in [-0.4, -0.2) is 49.1 Å². The molecule has 2 N–H and O–H groups in total. The number of benzene rings is 1. The number of amides is 2. The van der Waals surface area contributed by atoms with Gasteiger partial charge >= 0.3 is 0 Å². The van der Waals surface area contributed by atoms with Gasteiger partial charge in [-0.05, 0) is 68.1 Å². The van der Waals surface area contributed by atoms with Crippen molar-refractivity contribution in [2.75, 3.05) is 31.2 Å². The number of nitrogens with zero attached hydrogens (tertiary/aromatic N) is 2. The monoisotopic (exact) mass is 450 g/mol. The summed E-state index contributed by atoms with van der Waals surface area (Å²) in [6.45, 7) is 3.57. The minimum Gasteiger partial charge on any atom is -0.381 e. The number of rotatable bonds is 3. The van der Waals surface area contributed by atoms with Crippen LogP contribution in [0.4, 0.5) is 5.69 Å². The second kappa shape index (κ2) is 11.9. The maximum absolute atomic E-state index is 13.4. The molecule has 4 rings (SSSR count). The van der Waals surface area contributed by atoms with E-state index in [1.54, 1.807) is 24.5 Å². The Labute approximate surface area is 195 Å². The summed E-state index contributed by atoms with van der Waals surface area (Å²) in [5, 5.41) is 6.65. The molecule has 1 fully saturated rings. The van der Waals surface area contributed by atoms with Crippen molar-refractivity contribution in [3.8, 4) is 0 Å². The number of carbonyl (C=O) groups is 2. The fourth-order valence-electron chi connectivity index (χ4n) is 4.50. The Bertz CT molecular complexity index is 928. The molecule has 1 saturated heterocycles. The lowest BCUT2D eigenvalue weighted by molar-refractivity contribution is 0.0696. The first-order valence-corrected chi connectivity index (χ1v) is 12.2. The number of ether oxygens (including phenoxy) is 1. The summed E-state index contributed by atoms with van der Waals surface area (Å²) >= 11 is 0. The second-order valence-corrected chi connectivity index (χ2v) is 8.84. The lowest BCUT2D eigenvalue weighted by atomic mass is 10.0. The fourth-order valence-corrected chi connectivity index (χ4v) is 4.50. The molecule has 1 aromatic carbocycles. The molecule has 0 atom stereocenters. The molecule has 7 heteroatoms. The third-order valence-corrected chi connectivity index (χ3v) is 6.41. The first kappa shape index (κ1) is 23.4. The lowest BCUT2D eigenvalue weighted by Crippen LogP contribution is -2.39. The van der Waals surface area contributed by atoms with Crippen LogP contribution in [0.3, 0.4) is 0 Å². The van der Waals surface area contributed by atoms with Crippen molar-refractivity contribution in [1.29, 1.82) is 0 Å². The summed E-state index contributed by atoms with van der Waals surface area (Å²) in [5.74, 6) is -0.0991. The number of carbonyl (C=O) groups excluding carboxylic acids is 2. The van der Waals surface area contributed by atoms with Gasteiger partial charge in [-0.1, -0.05) is 19.3 Å². The number of anilines is 1. The van der Waals surface area contributed by atoms with Crippen molar-refractivity contribution in [2.24, 2.45) is 0 Å². The molecular formula is C26H34N4O3. The largest absolute Gasteiger partial charge is 0.381 e. The highest BCUT2D eigenvalue weighted by Gasteiger charge is 2.23. The first-order chi connectivity index (χ1) is 16.2. The SMILES string of the molecule is O=C(NC1CCOCC1)c1ccc2c(c1)CNCCCCCCCN2C(=O)c1ccncc1. The Morgan fingerprint density at radius 3 is 2.55 bits per heavy atom. The van der Waals surface area contributed by atoms with Crippen LogP contribution in [0.1, 0.15) is 71.2 Å². The average Bonchev–Trinajstić information content (AvgIpc) is 2.85. The summed E-state index contributed by atoms with van der Waals surface area (Å²) in [4.78, 5) is 32.3. The quantitative estimate of drug-likeness (QED) is 0.745. The molecule has 0 spiro atoms. The fraction of sp³-hybridized carbons (Fsp3) is 0.500. The van der Waals surface area contributed by atoms with E-state index in [0.717, 1.165) is 49.9 Å². The summed E-state index contributed by atoms with van der Waals surface area (Å²) in [5.41, 5.74) is 3.09. The Morgan fingerprint density at radius 2 is 1.73 bits per heavy atom. The van der Waals surface area contributed by atoms with E-state index in [1.807, 2.05) is 23.1 Å². The predicted molar refractivity (Wildman–Crippen MR) is 128 cm³/mol. The van der Waals surface area contributed by atoms with Crippen LogP contribution in [0.25, 0.3) is 0 Å². The number of pyridine rings is 1. The van der Waals surface area contributed by atoms with Crippen LogP contribution < -0.4 is 15.5 Å². The Kier molecular flexibility index (Phi) is 8.44. The summed E-state index contributed by atoms with van der Waals surface area (Å²) in [6.07, 6.45) is 10.5. The van der Waals surface area contributed by atoms with E-state index in [0.29, 0.717) is 37.4 Å². The van der Waals surface area contributed by atoms with Crippen molar-refractivity contribution in [3.05, 3.63) is 59.4 Å². The molecule has 0 bridgehead atoms. The van der Waals surface area contributed by atoms with Crippen LogP contribution >= 0.6 is 0 Å². The highest BCUT2D eigenvalue weighted by Crippen LogP contribution is 2.26. The van der Waals surface area contributed by atoms with Gasteiger partial charge in [0.1, 0.15) is 0 Å². The average molecular weight is 451 g/mol. The van der Waals surface area contributed by atoms with E-state index in [1.165, 1.54) is 12.8 Å². The van der Waals surface area contributed by atoms with Crippen LogP contribution in [-0.2, 0) is 11.3 Å². The van der Waals surface area contributed by atoms with Gasteiger partial charge in [0, 0.05) is 61.6 Å². The van der Waals surface area contributed by atoms with Crippen LogP contribution in [0.15, 0.2) is 42.7 Å². The van der Waals surface area contributed by atoms with Crippen LogP contribution in [0.2, 0.25) is 0 Å².